The number of nitrogens with zero attached hydrogens (tertiary/aromatic N) is 3. The van der Waals surface area contributed by atoms with Crippen molar-refractivity contribution in [2.24, 2.45) is 4.99 Å². The largest absolute Gasteiger partial charge is 0.507 e. The summed E-state index contributed by atoms with van der Waals surface area (Å²) in [5.74, 6) is 0.995. The second kappa shape index (κ2) is 7.77. The van der Waals surface area contributed by atoms with Crippen molar-refractivity contribution in [3.63, 3.8) is 0 Å². The average Bonchev–Trinajstić information content (AvgIpc) is 3.06. The average molecular weight is 473 g/mol. The molecule has 0 amide bonds. The van der Waals surface area contributed by atoms with Crippen molar-refractivity contribution in [1.82, 2.24) is 9.38 Å². The van der Waals surface area contributed by atoms with E-state index in [1.807, 2.05) is 22.7 Å². The Morgan fingerprint density at radius 3 is 2.69 bits per heavy atom. The molecule has 29 heavy (non-hydrogen) atoms. The van der Waals surface area contributed by atoms with Gasteiger partial charge in [0.05, 0.1) is 7.11 Å². The predicted octanol–water partition coefficient (Wildman–Crippen LogP) is 5.59. The molecule has 2 aromatic heterocycles. The third-order valence-electron chi connectivity index (χ3n) is 4.33. The number of aromatic nitrogens is 2. The molecule has 0 saturated heterocycles. The monoisotopic (exact) mass is 471 g/mol. The molecule has 0 aliphatic rings. The van der Waals surface area contributed by atoms with Crippen LogP contribution in [0.5, 0.6) is 17.2 Å². The highest BCUT2D eigenvalue weighted by Crippen LogP contribution is 2.36. The molecular weight excluding hydrogens is 458 g/mol. The second-order valence-electron chi connectivity index (χ2n) is 6.21. The molecule has 0 aliphatic carbocycles. The van der Waals surface area contributed by atoms with Gasteiger partial charge in [0, 0.05) is 33.0 Å². The van der Waals surface area contributed by atoms with Crippen molar-refractivity contribution >= 4 is 45.2 Å². The van der Waals surface area contributed by atoms with Gasteiger partial charge in [-0.05, 0) is 64.5 Å². The van der Waals surface area contributed by atoms with Gasteiger partial charge in [0.25, 0.3) is 0 Å². The van der Waals surface area contributed by atoms with Crippen LogP contribution in [0.25, 0.3) is 16.9 Å². The van der Waals surface area contributed by atoms with Crippen LogP contribution in [0, 0.1) is 0 Å². The Morgan fingerprint density at radius 1 is 1.10 bits per heavy atom. The van der Waals surface area contributed by atoms with E-state index in [1.165, 1.54) is 19.4 Å². The van der Waals surface area contributed by atoms with E-state index in [-0.39, 0.29) is 11.5 Å². The molecule has 146 valence electrons. The number of benzene rings is 2. The first-order valence-electron chi connectivity index (χ1n) is 8.54. The fourth-order valence-electron chi connectivity index (χ4n) is 2.91. The Labute approximate surface area is 179 Å². The molecule has 0 unspecified atom stereocenters. The van der Waals surface area contributed by atoms with Crippen molar-refractivity contribution in [2.45, 2.75) is 0 Å². The first-order chi connectivity index (χ1) is 14.0. The van der Waals surface area contributed by atoms with E-state index in [1.54, 1.807) is 30.3 Å². The molecule has 0 spiro atoms. The van der Waals surface area contributed by atoms with Crippen LogP contribution in [0.2, 0.25) is 5.02 Å². The van der Waals surface area contributed by atoms with Crippen LogP contribution < -0.4 is 4.74 Å². The minimum atomic E-state index is 0.0386. The Kier molecular flexibility index (Phi) is 5.17. The summed E-state index contributed by atoms with van der Waals surface area (Å²) in [4.78, 5) is 9.28. The van der Waals surface area contributed by atoms with Gasteiger partial charge in [-0.15, -0.1) is 0 Å². The second-order valence-corrected chi connectivity index (χ2v) is 7.56. The van der Waals surface area contributed by atoms with Crippen molar-refractivity contribution in [1.29, 1.82) is 0 Å². The zero-order valence-electron chi connectivity index (χ0n) is 15.2. The Morgan fingerprint density at radius 2 is 1.90 bits per heavy atom. The Balaban J connectivity index is 1.91. The van der Waals surface area contributed by atoms with Crippen molar-refractivity contribution in [3.05, 3.63) is 69.8 Å². The van der Waals surface area contributed by atoms with Crippen molar-refractivity contribution < 1.29 is 14.9 Å². The topological polar surface area (TPSA) is 79.4 Å². The van der Waals surface area contributed by atoms with Crippen LogP contribution >= 0.6 is 27.5 Å². The molecule has 0 aliphatic heterocycles. The molecule has 4 rings (SSSR count). The van der Waals surface area contributed by atoms with Crippen LogP contribution in [0.4, 0.5) is 5.82 Å². The summed E-state index contributed by atoms with van der Waals surface area (Å²) in [7, 11) is 1.49. The van der Waals surface area contributed by atoms with Crippen molar-refractivity contribution in [2.75, 3.05) is 7.11 Å². The maximum atomic E-state index is 10.1. The molecule has 6 nitrogen and oxygen atoms in total. The number of rotatable bonds is 4. The molecule has 0 fully saturated rings. The van der Waals surface area contributed by atoms with E-state index in [0.717, 1.165) is 10.0 Å². The third-order valence-corrected chi connectivity index (χ3v) is 5.03. The first-order valence-corrected chi connectivity index (χ1v) is 9.71. The Hall–Kier alpha value is -3.03. The zero-order valence-corrected chi connectivity index (χ0v) is 17.5. The standard InChI is InChI=1S/C21H15BrClN3O3/c1-29-18-9-12(2-5-17(18)28)20-21(26-11-14(22)3-7-19(26)25-20)24-10-13-8-15(23)4-6-16(13)27/h2-11,27-28H,1H3. The molecule has 0 saturated carbocycles. The molecular formula is C21H15BrClN3O3. The van der Waals surface area contributed by atoms with E-state index in [9.17, 15) is 10.2 Å². The van der Waals surface area contributed by atoms with Crippen LogP contribution in [-0.2, 0) is 0 Å². The van der Waals surface area contributed by atoms with Crippen LogP contribution in [-0.4, -0.2) is 32.9 Å². The van der Waals surface area contributed by atoms with E-state index in [2.05, 4.69) is 25.9 Å². The number of imidazole rings is 1. The SMILES string of the molecule is COc1cc(-c2nc3ccc(Br)cn3c2N=Cc2cc(Cl)ccc2O)ccc1O. The maximum absolute atomic E-state index is 10.1. The minimum Gasteiger partial charge on any atom is -0.507 e. The van der Waals surface area contributed by atoms with Crippen LogP contribution in [0.15, 0.2) is 64.2 Å². The molecule has 0 radical (unpaired) electrons. The van der Waals surface area contributed by atoms with Gasteiger partial charge in [0.1, 0.15) is 17.1 Å². The normalized spacial score (nSPS) is 11.4. The molecule has 2 aromatic carbocycles. The van der Waals surface area contributed by atoms with Crippen molar-refractivity contribution in [3.8, 4) is 28.5 Å². The fourth-order valence-corrected chi connectivity index (χ4v) is 3.43. The summed E-state index contributed by atoms with van der Waals surface area (Å²) < 4.78 is 7.91. The minimum absolute atomic E-state index is 0.0386. The first kappa shape index (κ1) is 19.3. The molecule has 4 aromatic rings. The number of hydrogen-bond acceptors (Lipinski definition) is 5. The van der Waals surface area contributed by atoms with Crippen LogP contribution in [0.1, 0.15) is 5.56 Å². The highest BCUT2D eigenvalue weighted by Gasteiger charge is 2.16. The summed E-state index contributed by atoms with van der Waals surface area (Å²) in [6.07, 6.45) is 3.39. The molecule has 2 heterocycles. The summed E-state index contributed by atoms with van der Waals surface area (Å²) in [5.41, 5.74) is 2.50. The molecule has 8 heteroatoms. The highest BCUT2D eigenvalue weighted by atomic mass is 79.9. The summed E-state index contributed by atoms with van der Waals surface area (Å²) >= 11 is 9.51. The number of phenols is 2. The summed E-state index contributed by atoms with van der Waals surface area (Å²) in [6, 6.07) is 13.5. The smallest absolute Gasteiger partial charge is 0.165 e. The van der Waals surface area contributed by atoms with E-state index >= 15 is 0 Å². The van der Waals surface area contributed by atoms with Gasteiger partial charge in [0.15, 0.2) is 17.3 Å². The van der Waals surface area contributed by atoms with E-state index < -0.39 is 0 Å². The summed E-state index contributed by atoms with van der Waals surface area (Å²) in [6.45, 7) is 0. The number of aromatic hydroxyl groups is 2. The summed E-state index contributed by atoms with van der Waals surface area (Å²) in [5, 5.41) is 20.5. The maximum Gasteiger partial charge on any atom is 0.165 e. The van der Waals surface area contributed by atoms with Gasteiger partial charge in [0.2, 0.25) is 0 Å². The van der Waals surface area contributed by atoms with Gasteiger partial charge in [-0.25, -0.2) is 9.98 Å². The molecule has 0 bridgehead atoms. The zero-order chi connectivity index (χ0) is 20.5. The van der Waals surface area contributed by atoms with Gasteiger partial charge in [-0.1, -0.05) is 11.6 Å². The van der Waals surface area contributed by atoms with Gasteiger partial charge in [-0.3, -0.25) is 4.40 Å². The van der Waals surface area contributed by atoms with Gasteiger partial charge < -0.3 is 14.9 Å². The number of phenolic OH excluding ortho intramolecular Hbond substituents is 2. The number of hydrogen-bond donors (Lipinski definition) is 2. The van der Waals surface area contributed by atoms with Gasteiger partial charge in [-0.2, -0.15) is 0 Å². The number of methoxy groups -OCH3 is 1. The fraction of sp³-hybridized carbons (Fsp3) is 0.0476. The molecule has 2 N–H and O–H groups in total. The lowest BCUT2D eigenvalue weighted by molar-refractivity contribution is 0.373. The number of fused-ring (bicyclic) bond motifs is 1. The Bertz CT molecular complexity index is 1250. The number of halogens is 2. The number of pyridine rings is 1. The number of aliphatic imine (C=N–C) groups is 1. The lowest BCUT2D eigenvalue weighted by atomic mass is 10.1. The lowest BCUT2D eigenvalue weighted by Gasteiger charge is -2.06. The highest BCUT2D eigenvalue weighted by molar-refractivity contribution is 9.10. The van der Waals surface area contributed by atoms with Crippen LogP contribution in [0.3, 0.4) is 0 Å². The van der Waals surface area contributed by atoms with E-state index in [4.69, 9.17) is 16.3 Å². The number of ether oxygens (including phenoxy) is 1. The van der Waals surface area contributed by atoms with Gasteiger partial charge >= 0.3 is 0 Å². The predicted molar refractivity (Wildman–Crippen MR) is 117 cm³/mol. The van der Waals surface area contributed by atoms with E-state index in [0.29, 0.717) is 33.5 Å². The lowest BCUT2D eigenvalue weighted by Crippen LogP contribution is -1.88. The molecule has 0 atom stereocenters. The third kappa shape index (κ3) is 3.79. The quantitative estimate of drug-likeness (QED) is 0.380.